The average molecular weight is 225 g/mol. The lowest BCUT2D eigenvalue weighted by Gasteiger charge is -2.31. The van der Waals surface area contributed by atoms with Crippen LogP contribution >= 0.6 is 0 Å². The quantitative estimate of drug-likeness (QED) is 0.711. The Hall–Kier alpha value is -0.610. The first kappa shape index (κ1) is 11.9. The number of hydrogen-bond donors (Lipinski definition) is 2. The fourth-order valence-corrected chi connectivity index (χ4v) is 2.24. The molecule has 2 aliphatic heterocycles. The second-order valence-electron chi connectivity index (χ2n) is 5.17. The van der Waals surface area contributed by atoms with Crippen LogP contribution in [0.3, 0.4) is 0 Å². The molecule has 2 N–H and O–H groups in total. The van der Waals surface area contributed by atoms with E-state index < -0.39 is 0 Å². The summed E-state index contributed by atoms with van der Waals surface area (Å²) in [7, 11) is 0. The van der Waals surface area contributed by atoms with Crippen LogP contribution in [0, 0.1) is 11.8 Å². The van der Waals surface area contributed by atoms with Gasteiger partial charge in [0.25, 0.3) is 0 Å². The van der Waals surface area contributed by atoms with Crippen molar-refractivity contribution in [1.29, 1.82) is 0 Å². The molecule has 4 nitrogen and oxygen atoms in total. The minimum absolute atomic E-state index is 0.223. The average Bonchev–Trinajstić information content (AvgIpc) is 2.18. The third kappa shape index (κ3) is 3.19. The zero-order chi connectivity index (χ0) is 11.4. The van der Waals surface area contributed by atoms with Crippen molar-refractivity contribution in [2.45, 2.75) is 19.8 Å². The Morgan fingerprint density at radius 1 is 1.38 bits per heavy atom. The molecule has 0 radical (unpaired) electrons. The van der Waals surface area contributed by atoms with Gasteiger partial charge in [-0.05, 0) is 31.8 Å². The summed E-state index contributed by atoms with van der Waals surface area (Å²) in [4.78, 5) is 14.0. The number of nitrogens with zero attached hydrogens (tertiary/aromatic N) is 1. The van der Waals surface area contributed by atoms with Crippen LogP contribution in [0.1, 0.15) is 19.8 Å². The first-order valence-electron chi connectivity index (χ1n) is 6.46. The molecule has 0 unspecified atom stereocenters. The highest BCUT2D eigenvalue weighted by molar-refractivity contribution is 5.79. The SMILES string of the molecule is CC1CCN(CCNC(=O)C2CNC2)CC1. The van der Waals surface area contributed by atoms with Crippen molar-refractivity contribution in [1.82, 2.24) is 15.5 Å². The number of hydrogen-bond acceptors (Lipinski definition) is 3. The lowest BCUT2D eigenvalue weighted by molar-refractivity contribution is -0.126. The summed E-state index contributed by atoms with van der Waals surface area (Å²) in [5.74, 6) is 1.33. The van der Waals surface area contributed by atoms with Crippen molar-refractivity contribution in [3.05, 3.63) is 0 Å². The number of carbonyl (C=O) groups excluding carboxylic acids is 1. The number of piperidine rings is 1. The molecular formula is C12H23N3O. The van der Waals surface area contributed by atoms with Crippen LogP contribution < -0.4 is 10.6 Å². The van der Waals surface area contributed by atoms with E-state index in [-0.39, 0.29) is 11.8 Å². The van der Waals surface area contributed by atoms with E-state index in [1.54, 1.807) is 0 Å². The minimum Gasteiger partial charge on any atom is -0.354 e. The van der Waals surface area contributed by atoms with Gasteiger partial charge in [0.05, 0.1) is 5.92 Å². The van der Waals surface area contributed by atoms with E-state index >= 15 is 0 Å². The Morgan fingerprint density at radius 2 is 2.06 bits per heavy atom. The predicted molar refractivity (Wildman–Crippen MR) is 64.2 cm³/mol. The molecule has 4 heteroatoms. The third-order valence-corrected chi connectivity index (χ3v) is 3.76. The van der Waals surface area contributed by atoms with Gasteiger partial charge in [-0.2, -0.15) is 0 Å². The summed E-state index contributed by atoms with van der Waals surface area (Å²) in [6.45, 7) is 8.25. The Kier molecular flexibility index (Phi) is 4.18. The van der Waals surface area contributed by atoms with Crippen LogP contribution in [-0.2, 0) is 4.79 Å². The van der Waals surface area contributed by atoms with E-state index in [0.717, 1.165) is 32.1 Å². The van der Waals surface area contributed by atoms with Gasteiger partial charge in [0.2, 0.25) is 5.91 Å². The molecule has 2 saturated heterocycles. The molecule has 16 heavy (non-hydrogen) atoms. The maximum atomic E-state index is 11.5. The van der Waals surface area contributed by atoms with Gasteiger partial charge in [-0.15, -0.1) is 0 Å². The van der Waals surface area contributed by atoms with Crippen LogP contribution in [0.5, 0.6) is 0 Å². The molecule has 2 rings (SSSR count). The van der Waals surface area contributed by atoms with Crippen molar-refractivity contribution in [2.24, 2.45) is 11.8 Å². The maximum Gasteiger partial charge on any atom is 0.225 e. The van der Waals surface area contributed by atoms with Gasteiger partial charge in [-0.3, -0.25) is 4.79 Å². The number of nitrogens with one attached hydrogen (secondary N) is 2. The highest BCUT2D eigenvalue weighted by Gasteiger charge is 2.24. The second kappa shape index (κ2) is 5.64. The second-order valence-corrected chi connectivity index (χ2v) is 5.17. The molecule has 0 aromatic carbocycles. The molecule has 0 spiro atoms. The number of amides is 1. The molecule has 0 aromatic heterocycles. The van der Waals surface area contributed by atoms with Crippen LogP contribution in [0.15, 0.2) is 0 Å². The van der Waals surface area contributed by atoms with Crippen molar-refractivity contribution in [2.75, 3.05) is 39.3 Å². The van der Waals surface area contributed by atoms with Crippen LogP contribution in [0.25, 0.3) is 0 Å². The number of carbonyl (C=O) groups is 1. The summed E-state index contributed by atoms with van der Waals surface area (Å²) in [6, 6.07) is 0. The Morgan fingerprint density at radius 3 is 2.62 bits per heavy atom. The Labute approximate surface area is 97.8 Å². The molecule has 0 atom stereocenters. The van der Waals surface area contributed by atoms with Gasteiger partial charge >= 0.3 is 0 Å². The summed E-state index contributed by atoms with van der Waals surface area (Å²) < 4.78 is 0. The summed E-state index contributed by atoms with van der Waals surface area (Å²) >= 11 is 0. The van der Waals surface area contributed by atoms with Crippen LogP contribution in [0.4, 0.5) is 0 Å². The van der Waals surface area contributed by atoms with Crippen LogP contribution in [0.2, 0.25) is 0 Å². The largest absolute Gasteiger partial charge is 0.354 e. The van der Waals surface area contributed by atoms with Crippen molar-refractivity contribution < 1.29 is 4.79 Å². The highest BCUT2D eigenvalue weighted by Crippen LogP contribution is 2.15. The van der Waals surface area contributed by atoms with Gasteiger partial charge in [-0.1, -0.05) is 6.92 Å². The van der Waals surface area contributed by atoms with E-state index in [1.807, 2.05) is 0 Å². The van der Waals surface area contributed by atoms with E-state index in [9.17, 15) is 4.79 Å². The van der Waals surface area contributed by atoms with E-state index in [1.165, 1.54) is 25.9 Å². The molecule has 2 fully saturated rings. The molecule has 2 heterocycles. The van der Waals surface area contributed by atoms with Gasteiger partial charge in [0, 0.05) is 26.2 Å². The zero-order valence-electron chi connectivity index (χ0n) is 10.2. The molecule has 0 aliphatic carbocycles. The zero-order valence-corrected chi connectivity index (χ0v) is 10.2. The Bertz CT molecular complexity index is 232. The van der Waals surface area contributed by atoms with Gasteiger partial charge in [-0.25, -0.2) is 0 Å². The van der Waals surface area contributed by atoms with Gasteiger partial charge < -0.3 is 15.5 Å². The monoisotopic (exact) mass is 225 g/mol. The lowest BCUT2D eigenvalue weighted by atomic mass is 9.99. The highest BCUT2D eigenvalue weighted by atomic mass is 16.2. The van der Waals surface area contributed by atoms with Gasteiger partial charge in [0.15, 0.2) is 0 Å². The molecule has 0 bridgehead atoms. The number of likely N-dealkylation sites (tertiary alicyclic amines) is 1. The molecule has 0 saturated carbocycles. The molecular weight excluding hydrogens is 202 g/mol. The third-order valence-electron chi connectivity index (χ3n) is 3.76. The standard InChI is InChI=1S/C12H23N3O/c1-10-2-5-15(6-3-10)7-4-14-12(16)11-8-13-9-11/h10-11,13H,2-9H2,1H3,(H,14,16). The first-order valence-corrected chi connectivity index (χ1v) is 6.46. The number of rotatable bonds is 4. The van der Waals surface area contributed by atoms with Gasteiger partial charge in [0.1, 0.15) is 0 Å². The fraction of sp³-hybridized carbons (Fsp3) is 0.917. The fourth-order valence-electron chi connectivity index (χ4n) is 2.24. The van der Waals surface area contributed by atoms with E-state index in [4.69, 9.17) is 0 Å². The lowest BCUT2D eigenvalue weighted by Crippen LogP contribution is -2.51. The molecule has 1 amide bonds. The van der Waals surface area contributed by atoms with Crippen molar-refractivity contribution in [3.63, 3.8) is 0 Å². The summed E-state index contributed by atoms with van der Waals surface area (Å²) in [5.41, 5.74) is 0. The maximum absolute atomic E-state index is 11.5. The molecule has 92 valence electrons. The summed E-state index contributed by atoms with van der Waals surface area (Å²) in [5, 5.41) is 6.14. The smallest absolute Gasteiger partial charge is 0.225 e. The van der Waals surface area contributed by atoms with E-state index in [0.29, 0.717) is 0 Å². The first-order chi connectivity index (χ1) is 7.75. The molecule has 0 aromatic rings. The Balaban J connectivity index is 1.55. The van der Waals surface area contributed by atoms with Crippen molar-refractivity contribution >= 4 is 5.91 Å². The molecule has 2 aliphatic rings. The summed E-state index contributed by atoms with van der Waals surface area (Å²) in [6.07, 6.45) is 2.61. The normalized spacial score (nSPS) is 24.1. The minimum atomic E-state index is 0.223. The topological polar surface area (TPSA) is 44.4 Å². The van der Waals surface area contributed by atoms with E-state index in [2.05, 4.69) is 22.5 Å². The predicted octanol–water partition coefficient (Wildman–Crippen LogP) is 0.0539. The van der Waals surface area contributed by atoms with Crippen molar-refractivity contribution in [3.8, 4) is 0 Å². The van der Waals surface area contributed by atoms with Crippen LogP contribution in [-0.4, -0.2) is 50.1 Å².